The number of nitrogens with two attached hydrogens (primary N) is 4. The van der Waals surface area contributed by atoms with Gasteiger partial charge in [-0.3, -0.25) is 76.7 Å². The lowest BCUT2D eigenvalue weighted by molar-refractivity contribution is -0.142. The Hall–Kier alpha value is -10.2. The zero-order valence-corrected chi connectivity index (χ0v) is 62.1. The van der Waals surface area contributed by atoms with E-state index in [4.69, 9.17) is 28.0 Å². The number of aromatic hydroxyl groups is 2. The first-order chi connectivity index (χ1) is 50.4. The number of primary amides is 1. The lowest BCUT2D eigenvalue weighted by Crippen LogP contribution is -2.61. The van der Waals surface area contributed by atoms with Crippen LogP contribution in [0.2, 0.25) is 0 Å². The first-order valence-corrected chi connectivity index (χ1v) is 36.5. The Bertz CT molecular complexity index is 3330. The van der Waals surface area contributed by atoms with Crippen LogP contribution in [0.3, 0.4) is 0 Å². The van der Waals surface area contributed by atoms with Crippen molar-refractivity contribution in [3.05, 3.63) is 59.7 Å². The van der Waals surface area contributed by atoms with Gasteiger partial charge in [0.25, 0.3) is 0 Å². The molecule has 0 fully saturated rings. The number of carbonyl (C=O) groups is 16. The van der Waals surface area contributed by atoms with Gasteiger partial charge in [0, 0.05) is 19.3 Å². The molecular formula is C69H108N16O21S. The van der Waals surface area contributed by atoms with Crippen LogP contribution in [0.1, 0.15) is 136 Å². The summed E-state index contributed by atoms with van der Waals surface area (Å²) in [6.45, 7) is 8.56. The van der Waals surface area contributed by atoms with Crippen molar-refractivity contribution in [3.8, 4) is 11.5 Å². The van der Waals surface area contributed by atoms with E-state index in [1.54, 1.807) is 20.1 Å². The van der Waals surface area contributed by atoms with E-state index in [1.807, 2.05) is 13.8 Å². The molecule has 2 rings (SSSR count). The minimum absolute atomic E-state index is 0.0190. The summed E-state index contributed by atoms with van der Waals surface area (Å²) in [7, 11) is 0. The summed E-state index contributed by atoms with van der Waals surface area (Å²) in [4.78, 5) is 215. The second kappa shape index (κ2) is 48.8. The normalized spacial score (nSPS) is 14.2. The summed E-state index contributed by atoms with van der Waals surface area (Å²) in [6, 6.07) is -5.70. The van der Waals surface area contributed by atoms with Crippen molar-refractivity contribution in [1.82, 2.24) is 63.8 Å². The van der Waals surface area contributed by atoms with Gasteiger partial charge in [-0.1, -0.05) is 65.8 Å². The maximum absolute atomic E-state index is 14.9. The predicted octanol–water partition coefficient (Wildman–Crippen LogP) is -3.65. The molecule has 0 unspecified atom stereocenters. The maximum atomic E-state index is 14.9. The number of phenols is 2. The van der Waals surface area contributed by atoms with Gasteiger partial charge in [0.2, 0.25) is 76.8 Å². The van der Waals surface area contributed by atoms with E-state index < -0.39 is 206 Å². The van der Waals surface area contributed by atoms with Crippen LogP contribution in [0.4, 0.5) is 0 Å². The average Bonchev–Trinajstić information content (AvgIpc) is 0.855. The molecule has 11 atom stereocenters. The van der Waals surface area contributed by atoms with Gasteiger partial charge in [-0.25, -0.2) is 0 Å². The smallest absolute Gasteiger partial charge is 0.322 e. The van der Waals surface area contributed by atoms with Crippen LogP contribution in [0.25, 0.3) is 0 Å². The van der Waals surface area contributed by atoms with Crippen molar-refractivity contribution < 1.29 is 102 Å². The SMILES string of the molecule is CSCC[C@H](NC(=O)[C@H](Cc1ccc(O)cc1)NC(=O)[C@H](Cc1ccc(O)cc1)NC(=O)[C@H](CCCCN)NC(=O)[C@H](CCC(=O)O)NC(=O)[C@@H](N)CC(C)C)C(=O)N[C@@H](CCCCN)C(=O)N[C@@H](CC(N)=O)C(=O)NCC(=O)N[C@H](C(=O)N[C@@H](CC(=O)O)C(=O)N[C@@H](CC(C)C)C(=O)NCC(=O)O)C(C)C. The molecule has 0 aliphatic carbocycles. The highest BCUT2D eigenvalue weighted by Gasteiger charge is 2.37. The van der Waals surface area contributed by atoms with Gasteiger partial charge in [0.05, 0.1) is 25.4 Å². The lowest BCUT2D eigenvalue weighted by atomic mass is 10.0. The summed E-state index contributed by atoms with van der Waals surface area (Å²) < 4.78 is 0. The molecule has 0 aliphatic rings. The molecule has 0 heterocycles. The zero-order valence-electron chi connectivity index (χ0n) is 61.3. The second-order valence-corrected chi connectivity index (χ2v) is 27.8. The van der Waals surface area contributed by atoms with Gasteiger partial charge < -0.3 is 112 Å². The Morgan fingerprint density at radius 2 is 0.776 bits per heavy atom. The molecule has 37 nitrogen and oxygen atoms in total. The summed E-state index contributed by atoms with van der Waals surface area (Å²) >= 11 is 1.26. The van der Waals surface area contributed by atoms with Crippen LogP contribution >= 0.6 is 11.8 Å². The summed E-state index contributed by atoms with van der Waals surface area (Å²) in [5, 5.41) is 78.0. The van der Waals surface area contributed by atoms with Crippen molar-refractivity contribution in [2.45, 2.75) is 204 Å². The Morgan fingerprint density at radius 3 is 1.19 bits per heavy atom. The molecule has 38 heteroatoms. The highest BCUT2D eigenvalue weighted by Crippen LogP contribution is 2.17. The summed E-state index contributed by atoms with van der Waals surface area (Å²) in [5.41, 5.74) is 23.9. The Kier molecular flexibility index (Phi) is 42.4. The molecule has 2 aromatic rings. The number of carboxylic acid groups (broad SMARTS) is 3. The number of aliphatic carboxylic acids is 3. The molecular weight excluding hydrogens is 1420 g/mol. The van der Waals surface area contributed by atoms with Crippen LogP contribution in [0.15, 0.2) is 48.5 Å². The molecule has 0 saturated heterocycles. The lowest BCUT2D eigenvalue weighted by Gasteiger charge is -2.28. The number of rotatable bonds is 52. The minimum Gasteiger partial charge on any atom is -0.508 e. The number of amides is 13. The fraction of sp³-hybridized carbons (Fsp3) is 0.594. The molecule has 0 aliphatic heterocycles. The molecule has 2 aromatic carbocycles. The number of hydrogen-bond acceptors (Lipinski definition) is 22. The number of thioether (sulfide) groups is 1. The molecule has 596 valence electrons. The van der Waals surface area contributed by atoms with Crippen molar-refractivity contribution in [2.75, 3.05) is 38.2 Å². The topological polar surface area (TPSA) is 623 Å². The first-order valence-electron chi connectivity index (χ1n) is 35.1. The van der Waals surface area contributed by atoms with Gasteiger partial charge in [0.1, 0.15) is 78.5 Å². The maximum Gasteiger partial charge on any atom is 0.322 e. The number of hydrogen-bond donors (Lipinski definition) is 21. The number of carboxylic acids is 3. The molecule has 13 amide bonds. The first kappa shape index (κ1) is 92.9. The number of phenolic OH excluding ortho intramolecular Hbond substituents is 2. The third kappa shape index (κ3) is 37.1. The molecule has 0 spiro atoms. The molecule has 25 N–H and O–H groups in total. The van der Waals surface area contributed by atoms with Crippen molar-refractivity contribution in [2.24, 2.45) is 40.7 Å². The molecule has 107 heavy (non-hydrogen) atoms. The Morgan fingerprint density at radius 1 is 0.402 bits per heavy atom. The van der Waals surface area contributed by atoms with Gasteiger partial charge in [0.15, 0.2) is 0 Å². The second-order valence-electron chi connectivity index (χ2n) is 26.8. The van der Waals surface area contributed by atoms with Crippen molar-refractivity contribution >= 4 is 106 Å². The van der Waals surface area contributed by atoms with Gasteiger partial charge in [-0.2, -0.15) is 11.8 Å². The quantitative estimate of drug-likeness (QED) is 0.0284. The number of nitrogens with one attached hydrogen (secondary N) is 12. The number of benzene rings is 2. The standard InChI is InChI=1S/C69H108N16O21S/c1-36(2)28-43(72)59(96)76-46(22-23-55(90)91)64(101)77-44(12-8-10-25-70)62(99)81-50(31-40-16-20-42(87)21-17-40)67(104)82-49(30-39-14-18-41(86)19-15-39)66(103)79-47(24-27-107-7)65(102)78-45(13-9-11-26-71)63(100)83-51(32-53(73)88)61(98)74-34-54(89)85-58(38(5)6)69(106)84-52(33-56(92)93)68(105)80-48(29-37(3)4)60(97)75-35-57(94)95/h14-21,36-38,43-52,58,86-87H,8-13,22-35,70-72H2,1-7H3,(H2,73,88)(H,74,98)(H,75,97)(H,76,96)(H,77,101)(H,78,102)(H,79,103)(H,80,105)(H,81,99)(H,82,104)(H,83,100)(H,84,106)(H,85,89)(H,90,91)(H,92,93)(H,94,95)/t43-,44-,45-,46-,47-,48-,49-,50-,51-,52-,58-/m0/s1. The number of carbonyl (C=O) groups excluding carboxylic acids is 13. The van der Waals surface area contributed by atoms with E-state index in [2.05, 4.69) is 63.8 Å². The van der Waals surface area contributed by atoms with Crippen molar-refractivity contribution in [3.63, 3.8) is 0 Å². The molecule has 0 radical (unpaired) electrons. The van der Waals surface area contributed by atoms with Crippen molar-refractivity contribution in [1.29, 1.82) is 0 Å². The third-order valence-electron chi connectivity index (χ3n) is 16.3. The van der Waals surface area contributed by atoms with Crippen LogP contribution in [0, 0.1) is 17.8 Å². The highest BCUT2D eigenvalue weighted by molar-refractivity contribution is 7.98. The van der Waals surface area contributed by atoms with E-state index in [1.165, 1.54) is 74.1 Å². The van der Waals surface area contributed by atoms with E-state index >= 15 is 0 Å². The zero-order chi connectivity index (χ0) is 80.6. The molecule has 0 aromatic heterocycles. The molecule has 0 saturated carbocycles. The monoisotopic (exact) mass is 1530 g/mol. The minimum atomic E-state index is -1.83. The number of unbranched alkanes of at least 4 members (excludes halogenated alkanes) is 2. The highest BCUT2D eigenvalue weighted by atomic mass is 32.2. The summed E-state index contributed by atoms with van der Waals surface area (Å²) in [5.74, 6) is -18.4. The van der Waals surface area contributed by atoms with Crippen LogP contribution in [0.5, 0.6) is 11.5 Å². The largest absolute Gasteiger partial charge is 0.508 e. The van der Waals surface area contributed by atoms with E-state index in [0.717, 1.165) is 0 Å². The van der Waals surface area contributed by atoms with E-state index in [0.29, 0.717) is 24.0 Å². The predicted molar refractivity (Wildman–Crippen MR) is 390 cm³/mol. The van der Waals surface area contributed by atoms with Gasteiger partial charge in [-0.15, -0.1) is 0 Å². The van der Waals surface area contributed by atoms with E-state index in [9.17, 15) is 97.1 Å². The Labute approximate surface area is 624 Å². The van der Waals surface area contributed by atoms with Crippen LogP contribution in [-0.4, -0.2) is 225 Å². The fourth-order valence-electron chi connectivity index (χ4n) is 10.6. The van der Waals surface area contributed by atoms with Gasteiger partial charge in [-0.05, 0) is 142 Å². The molecule has 0 bridgehead atoms. The van der Waals surface area contributed by atoms with Crippen LogP contribution < -0.4 is 86.7 Å². The average molecular weight is 1530 g/mol. The van der Waals surface area contributed by atoms with E-state index in [-0.39, 0.29) is 100.0 Å². The third-order valence-corrected chi connectivity index (χ3v) is 16.9. The fourth-order valence-corrected chi connectivity index (χ4v) is 11.1. The Balaban J connectivity index is 2.55. The summed E-state index contributed by atoms with van der Waals surface area (Å²) in [6.07, 6.45) is -0.802. The van der Waals surface area contributed by atoms with Gasteiger partial charge >= 0.3 is 17.9 Å². The van der Waals surface area contributed by atoms with Crippen LogP contribution in [-0.2, 0) is 89.6 Å².